The van der Waals surface area contributed by atoms with E-state index < -0.39 is 12.1 Å². The van der Waals surface area contributed by atoms with Crippen LogP contribution in [0.4, 0.5) is 13.2 Å². The lowest BCUT2D eigenvalue weighted by molar-refractivity contribution is -0.192. The molecule has 0 spiro atoms. The van der Waals surface area contributed by atoms with E-state index in [0.29, 0.717) is 29.6 Å². The maximum atomic E-state index is 12.9. The molecule has 30 heavy (non-hydrogen) atoms. The van der Waals surface area contributed by atoms with Crippen molar-refractivity contribution in [3.05, 3.63) is 58.7 Å². The first-order valence-corrected chi connectivity index (χ1v) is 9.08. The Kier molecular flexibility index (Phi) is 8.01. The molecule has 0 radical (unpaired) electrons. The summed E-state index contributed by atoms with van der Waals surface area (Å²) >= 11 is 6.09. The molecule has 1 aromatic heterocycles. The van der Waals surface area contributed by atoms with Gasteiger partial charge in [-0.2, -0.15) is 13.2 Å². The Morgan fingerprint density at radius 3 is 2.53 bits per heavy atom. The molecule has 1 amide bonds. The van der Waals surface area contributed by atoms with Crippen LogP contribution in [0.15, 0.2) is 42.6 Å². The SMILES string of the molecule is COc1ccc(C(=O)N2CCNCC2c2cccc(Cl)c2)cn1.O=C(O)C(F)(F)F. The molecule has 1 fully saturated rings. The average molecular weight is 446 g/mol. The summed E-state index contributed by atoms with van der Waals surface area (Å²) in [5, 5.41) is 11.1. The van der Waals surface area contributed by atoms with Crippen LogP contribution < -0.4 is 10.1 Å². The van der Waals surface area contributed by atoms with E-state index in [1.54, 1.807) is 25.4 Å². The third-order valence-corrected chi connectivity index (χ3v) is 4.41. The van der Waals surface area contributed by atoms with Crippen LogP contribution in [-0.4, -0.2) is 59.8 Å². The Labute approximate surface area is 175 Å². The van der Waals surface area contributed by atoms with Gasteiger partial charge in [0.15, 0.2) is 0 Å². The fourth-order valence-electron chi connectivity index (χ4n) is 2.75. The fraction of sp³-hybridized carbons (Fsp3) is 0.316. The van der Waals surface area contributed by atoms with Crippen molar-refractivity contribution in [3.8, 4) is 5.88 Å². The molecular formula is C19H19ClF3N3O4. The third-order valence-electron chi connectivity index (χ3n) is 4.17. The highest BCUT2D eigenvalue weighted by molar-refractivity contribution is 6.30. The van der Waals surface area contributed by atoms with Crippen molar-refractivity contribution in [1.82, 2.24) is 15.2 Å². The third kappa shape index (κ3) is 6.33. The molecule has 0 bridgehead atoms. The summed E-state index contributed by atoms with van der Waals surface area (Å²) in [6.07, 6.45) is -3.53. The zero-order chi connectivity index (χ0) is 22.3. The van der Waals surface area contributed by atoms with E-state index in [4.69, 9.17) is 26.2 Å². The van der Waals surface area contributed by atoms with Gasteiger partial charge < -0.3 is 20.1 Å². The number of carbonyl (C=O) groups is 2. The highest BCUT2D eigenvalue weighted by atomic mass is 35.5. The number of aliphatic carboxylic acids is 1. The van der Waals surface area contributed by atoms with Crippen molar-refractivity contribution < 1.29 is 32.6 Å². The first-order valence-electron chi connectivity index (χ1n) is 8.70. The molecule has 1 unspecified atom stereocenters. The van der Waals surface area contributed by atoms with E-state index in [1.165, 1.54) is 0 Å². The number of hydrogen-bond donors (Lipinski definition) is 2. The van der Waals surface area contributed by atoms with Crippen LogP contribution in [-0.2, 0) is 4.79 Å². The second-order valence-electron chi connectivity index (χ2n) is 6.17. The quantitative estimate of drug-likeness (QED) is 0.754. The number of nitrogens with zero attached hydrogens (tertiary/aromatic N) is 2. The van der Waals surface area contributed by atoms with Crippen molar-refractivity contribution >= 4 is 23.5 Å². The predicted octanol–water partition coefficient (Wildman–Crippen LogP) is 3.16. The molecule has 0 aliphatic carbocycles. The molecule has 0 saturated carbocycles. The molecule has 1 aliphatic rings. The number of amides is 1. The van der Waals surface area contributed by atoms with Gasteiger partial charge in [0.1, 0.15) is 0 Å². The van der Waals surface area contributed by atoms with Crippen LogP contribution in [0.1, 0.15) is 22.0 Å². The minimum absolute atomic E-state index is 0.0355. The van der Waals surface area contributed by atoms with Gasteiger partial charge in [-0.25, -0.2) is 9.78 Å². The molecule has 1 saturated heterocycles. The van der Waals surface area contributed by atoms with Gasteiger partial charge in [0, 0.05) is 36.9 Å². The van der Waals surface area contributed by atoms with Gasteiger partial charge in [-0.1, -0.05) is 23.7 Å². The van der Waals surface area contributed by atoms with Crippen molar-refractivity contribution in [3.63, 3.8) is 0 Å². The zero-order valence-corrected chi connectivity index (χ0v) is 16.6. The molecule has 2 N–H and O–H groups in total. The highest BCUT2D eigenvalue weighted by Crippen LogP contribution is 2.26. The zero-order valence-electron chi connectivity index (χ0n) is 15.8. The number of rotatable bonds is 3. The second kappa shape index (κ2) is 10.3. The minimum Gasteiger partial charge on any atom is -0.481 e. The Bertz CT molecular complexity index is 878. The fourth-order valence-corrected chi connectivity index (χ4v) is 2.95. The number of ether oxygens (including phenoxy) is 1. The number of methoxy groups -OCH3 is 1. The lowest BCUT2D eigenvalue weighted by atomic mass is 10.0. The van der Waals surface area contributed by atoms with E-state index in [-0.39, 0.29) is 11.9 Å². The maximum absolute atomic E-state index is 12.9. The normalized spacial score (nSPS) is 16.3. The molecule has 1 aliphatic heterocycles. The number of benzene rings is 1. The Morgan fingerprint density at radius 1 is 1.30 bits per heavy atom. The van der Waals surface area contributed by atoms with Gasteiger partial charge in [-0.3, -0.25) is 4.79 Å². The average Bonchev–Trinajstić information content (AvgIpc) is 2.73. The molecule has 2 heterocycles. The number of carbonyl (C=O) groups excluding carboxylic acids is 1. The number of hydrogen-bond acceptors (Lipinski definition) is 5. The lowest BCUT2D eigenvalue weighted by Gasteiger charge is -2.36. The molecule has 2 aromatic rings. The van der Waals surface area contributed by atoms with E-state index in [1.807, 2.05) is 29.2 Å². The standard InChI is InChI=1S/C17H18ClN3O2.C2HF3O2/c1-23-16-6-5-13(10-20-16)17(22)21-8-7-19-11-15(21)12-3-2-4-14(18)9-12;3-2(4,5)1(6)7/h2-6,9-10,15,19H,7-8,11H2,1H3;(H,6,7). The molecule has 162 valence electrons. The van der Waals surface area contributed by atoms with Crippen LogP contribution in [0.2, 0.25) is 5.02 Å². The van der Waals surface area contributed by atoms with E-state index in [0.717, 1.165) is 12.1 Å². The number of piperazine rings is 1. The monoisotopic (exact) mass is 445 g/mol. The van der Waals surface area contributed by atoms with Crippen molar-refractivity contribution in [2.75, 3.05) is 26.7 Å². The predicted molar refractivity (Wildman–Crippen MR) is 103 cm³/mol. The van der Waals surface area contributed by atoms with Gasteiger partial charge in [-0.15, -0.1) is 0 Å². The smallest absolute Gasteiger partial charge is 0.481 e. The number of aromatic nitrogens is 1. The maximum Gasteiger partial charge on any atom is 0.490 e. The number of carboxylic acids is 1. The summed E-state index contributed by atoms with van der Waals surface area (Å²) in [6, 6.07) is 11.0. The van der Waals surface area contributed by atoms with Gasteiger partial charge in [0.25, 0.3) is 5.91 Å². The van der Waals surface area contributed by atoms with E-state index in [9.17, 15) is 18.0 Å². The number of nitrogens with one attached hydrogen (secondary N) is 1. The number of pyridine rings is 1. The largest absolute Gasteiger partial charge is 0.490 e. The van der Waals surface area contributed by atoms with Crippen LogP contribution in [0.25, 0.3) is 0 Å². The molecule has 1 atom stereocenters. The molecule has 7 nitrogen and oxygen atoms in total. The van der Waals surface area contributed by atoms with E-state index in [2.05, 4.69) is 10.3 Å². The van der Waals surface area contributed by atoms with Gasteiger partial charge >= 0.3 is 12.1 Å². The van der Waals surface area contributed by atoms with Crippen molar-refractivity contribution in [2.24, 2.45) is 0 Å². The molecule has 3 rings (SSSR count). The first kappa shape index (κ1) is 23.4. The summed E-state index contributed by atoms with van der Waals surface area (Å²) in [5.74, 6) is -2.30. The Balaban J connectivity index is 0.000000396. The van der Waals surface area contributed by atoms with E-state index >= 15 is 0 Å². The second-order valence-corrected chi connectivity index (χ2v) is 6.60. The Morgan fingerprint density at radius 2 is 2.00 bits per heavy atom. The lowest BCUT2D eigenvalue weighted by Crippen LogP contribution is -2.48. The summed E-state index contributed by atoms with van der Waals surface area (Å²) in [4.78, 5) is 27.7. The van der Waals surface area contributed by atoms with Crippen LogP contribution >= 0.6 is 11.6 Å². The molecule has 11 heteroatoms. The van der Waals surface area contributed by atoms with Crippen LogP contribution in [0.3, 0.4) is 0 Å². The topological polar surface area (TPSA) is 91.8 Å². The van der Waals surface area contributed by atoms with Gasteiger partial charge in [0.2, 0.25) is 5.88 Å². The number of alkyl halides is 3. The summed E-state index contributed by atoms with van der Waals surface area (Å²) in [6.45, 7) is 2.12. The minimum atomic E-state index is -5.08. The molecular weight excluding hydrogens is 427 g/mol. The first-order chi connectivity index (χ1) is 14.1. The van der Waals surface area contributed by atoms with Crippen LogP contribution in [0, 0.1) is 0 Å². The van der Waals surface area contributed by atoms with Crippen LogP contribution in [0.5, 0.6) is 5.88 Å². The number of carboxylic acid groups (broad SMARTS) is 1. The number of halogens is 4. The summed E-state index contributed by atoms with van der Waals surface area (Å²) in [7, 11) is 1.55. The van der Waals surface area contributed by atoms with Gasteiger partial charge in [-0.05, 0) is 23.8 Å². The van der Waals surface area contributed by atoms with Crippen molar-refractivity contribution in [1.29, 1.82) is 0 Å². The van der Waals surface area contributed by atoms with Crippen molar-refractivity contribution in [2.45, 2.75) is 12.2 Å². The Hall–Kier alpha value is -2.85. The highest BCUT2D eigenvalue weighted by Gasteiger charge is 2.38. The summed E-state index contributed by atoms with van der Waals surface area (Å²) in [5.41, 5.74) is 1.58. The molecule has 1 aromatic carbocycles. The summed E-state index contributed by atoms with van der Waals surface area (Å²) < 4.78 is 36.8. The van der Waals surface area contributed by atoms with Gasteiger partial charge in [0.05, 0.1) is 18.7 Å².